The normalized spacial score (nSPS) is 15.0. The highest BCUT2D eigenvalue weighted by Gasteiger charge is 2.27. The fraction of sp³-hybridized carbons (Fsp3) is 0.353. The lowest BCUT2D eigenvalue weighted by atomic mass is 10.1. The Morgan fingerprint density at radius 1 is 1.33 bits per heavy atom. The smallest absolute Gasteiger partial charge is 0.254 e. The third-order valence-electron chi connectivity index (χ3n) is 4.12. The second kappa shape index (κ2) is 5.92. The molecule has 0 atom stereocenters. The molecular weight excluding hydrogens is 262 g/mol. The SMILES string of the molecule is N#CCN(C(=O)c1ccc2ncccc2c1)C1CCCC1. The molecule has 0 N–H and O–H groups in total. The summed E-state index contributed by atoms with van der Waals surface area (Å²) in [5.74, 6) is -0.0470. The maximum absolute atomic E-state index is 12.7. The summed E-state index contributed by atoms with van der Waals surface area (Å²) >= 11 is 0. The van der Waals surface area contributed by atoms with Crippen LogP contribution in [0.5, 0.6) is 0 Å². The number of rotatable bonds is 3. The van der Waals surface area contributed by atoms with Gasteiger partial charge in [0, 0.05) is 23.2 Å². The van der Waals surface area contributed by atoms with Gasteiger partial charge in [-0.25, -0.2) is 0 Å². The Labute approximate surface area is 124 Å². The summed E-state index contributed by atoms with van der Waals surface area (Å²) in [6.07, 6.45) is 6.03. The van der Waals surface area contributed by atoms with Crippen molar-refractivity contribution in [2.45, 2.75) is 31.7 Å². The van der Waals surface area contributed by atoms with Gasteiger partial charge in [-0.05, 0) is 37.1 Å². The Morgan fingerprint density at radius 3 is 2.90 bits per heavy atom. The molecule has 0 unspecified atom stereocenters. The van der Waals surface area contributed by atoms with Crippen molar-refractivity contribution in [2.75, 3.05) is 6.54 Å². The van der Waals surface area contributed by atoms with E-state index in [0.717, 1.165) is 36.6 Å². The summed E-state index contributed by atoms with van der Waals surface area (Å²) in [4.78, 5) is 18.7. The highest BCUT2D eigenvalue weighted by atomic mass is 16.2. The number of pyridine rings is 1. The molecule has 2 aromatic rings. The van der Waals surface area contributed by atoms with Crippen LogP contribution in [0.4, 0.5) is 0 Å². The van der Waals surface area contributed by atoms with Crippen LogP contribution in [0.2, 0.25) is 0 Å². The molecule has 0 radical (unpaired) electrons. The van der Waals surface area contributed by atoms with Gasteiger partial charge in [-0.2, -0.15) is 5.26 Å². The Hall–Kier alpha value is -2.41. The molecule has 1 aliphatic rings. The molecule has 21 heavy (non-hydrogen) atoms. The Kier molecular flexibility index (Phi) is 3.83. The van der Waals surface area contributed by atoms with Crippen molar-refractivity contribution < 1.29 is 4.79 Å². The molecule has 1 fully saturated rings. The quantitative estimate of drug-likeness (QED) is 0.811. The summed E-state index contributed by atoms with van der Waals surface area (Å²) in [7, 11) is 0. The molecule has 0 saturated heterocycles. The van der Waals surface area contributed by atoms with E-state index in [0.29, 0.717) is 5.56 Å². The predicted molar refractivity (Wildman–Crippen MR) is 80.6 cm³/mol. The Morgan fingerprint density at radius 2 is 2.14 bits per heavy atom. The first-order chi connectivity index (χ1) is 10.3. The molecule has 4 nitrogen and oxygen atoms in total. The minimum absolute atomic E-state index is 0.0470. The zero-order valence-electron chi connectivity index (χ0n) is 11.8. The molecule has 4 heteroatoms. The molecule has 1 amide bonds. The molecule has 1 aliphatic carbocycles. The van der Waals surface area contributed by atoms with E-state index >= 15 is 0 Å². The van der Waals surface area contributed by atoms with Crippen molar-refractivity contribution >= 4 is 16.8 Å². The zero-order valence-corrected chi connectivity index (χ0v) is 11.8. The Balaban J connectivity index is 1.91. The highest BCUT2D eigenvalue weighted by molar-refractivity contribution is 5.98. The van der Waals surface area contributed by atoms with Crippen LogP contribution in [0.3, 0.4) is 0 Å². The second-order valence-corrected chi connectivity index (χ2v) is 5.44. The highest BCUT2D eigenvalue weighted by Crippen LogP contribution is 2.25. The van der Waals surface area contributed by atoms with Gasteiger partial charge in [0.2, 0.25) is 0 Å². The first-order valence-electron chi connectivity index (χ1n) is 7.32. The molecule has 106 valence electrons. The number of fused-ring (bicyclic) bond motifs is 1. The van der Waals surface area contributed by atoms with Crippen LogP contribution >= 0.6 is 0 Å². The fourth-order valence-corrected chi connectivity index (χ4v) is 3.03. The minimum Gasteiger partial charge on any atom is -0.322 e. The number of aromatic nitrogens is 1. The van der Waals surface area contributed by atoms with E-state index in [4.69, 9.17) is 5.26 Å². The van der Waals surface area contributed by atoms with E-state index < -0.39 is 0 Å². The predicted octanol–water partition coefficient (Wildman–Crippen LogP) is 3.14. The van der Waals surface area contributed by atoms with Crippen molar-refractivity contribution in [3.63, 3.8) is 0 Å². The number of nitriles is 1. The fourth-order valence-electron chi connectivity index (χ4n) is 3.03. The van der Waals surface area contributed by atoms with E-state index in [9.17, 15) is 4.79 Å². The summed E-state index contributed by atoms with van der Waals surface area (Å²) in [5, 5.41) is 9.96. The second-order valence-electron chi connectivity index (χ2n) is 5.44. The first kappa shape index (κ1) is 13.6. The van der Waals surface area contributed by atoms with E-state index in [1.54, 1.807) is 17.2 Å². The van der Waals surface area contributed by atoms with Gasteiger partial charge in [-0.3, -0.25) is 9.78 Å². The lowest BCUT2D eigenvalue weighted by Crippen LogP contribution is -2.39. The van der Waals surface area contributed by atoms with Gasteiger partial charge in [0.25, 0.3) is 5.91 Å². The number of hydrogen-bond donors (Lipinski definition) is 0. The van der Waals surface area contributed by atoms with E-state index in [-0.39, 0.29) is 18.5 Å². The summed E-state index contributed by atoms with van der Waals surface area (Å²) in [5.41, 5.74) is 1.51. The van der Waals surface area contributed by atoms with Gasteiger partial charge in [0.05, 0.1) is 11.6 Å². The lowest BCUT2D eigenvalue weighted by Gasteiger charge is -2.26. The number of nitrogens with zero attached hydrogens (tertiary/aromatic N) is 3. The molecule has 1 heterocycles. The third kappa shape index (κ3) is 2.73. The van der Waals surface area contributed by atoms with Crippen LogP contribution in [0, 0.1) is 11.3 Å². The van der Waals surface area contributed by atoms with Gasteiger partial charge < -0.3 is 4.90 Å². The van der Waals surface area contributed by atoms with Gasteiger partial charge in [-0.15, -0.1) is 0 Å². The monoisotopic (exact) mass is 279 g/mol. The van der Waals surface area contributed by atoms with Crippen LogP contribution in [-0.4, -0.2) is 28.4 Å². The van der Waals surface area contributed by atoms with Gasteiger partial charge in [-0.1, -0.05) is 18.9 Å². The van der Waals surface area contributed by atoms with Crippen molar-refractivity contribution in [3.8, 4) is 6.07 Å². The molecule has 0 aliphatic heterocycles. The lowest BCUT2D eigenvalue weighted by molar-refractivity contribution is 0.0709. The van der Waals surface area contributed by atoms with Gasteiger partial charge in [0.1, 0.15) is 6.54 Å². The average Bonchev–Trinajstić information content (AvgIpc) is 3.05. The molecule has 1 saturated carbocycles. The van der Waals surface area contributed by atoms with Crippen LogP contribution in [0.25, 0.3) is 10.9 Å². The van der Waals surface area contributed by atoms with Gasteiger partial charge >= 0.3 is 0 Å². The van der Waals surface area contributed by atoms with Crippen molar-refractivity contribution in [1.82, 2.24) is 9.88 Å². The van der Waals surface area contributed by atoms with E-state index in [1.165, 1.54) is 0 Å². The maximum atomic E-state index is 12.7. The number of hydrogen-bond acceptors (Lipinski definition) is 3. The Bertz CT molecular complexity index is 698. The molecule has 1 aromatic carbocycles. The number of carbonyl (C=O) groups excluding carboxylic acids is 1. The summed E-state index contributed by atoms with van der Waals surface area (Å²) in [6, 6.07) is 11.7. The molecule has 0 spiro atoms. The van der Waals surface area contributed by atoms with Crippen molar-refractivity contribution in [2.24, 2.45) is 0 Å². The topological polar surface area (TPSA) is 57.0 Å². The third-order valence-corrected chi connectivity index (χ3v) is 4.12. The summed E-state index contributed by atoms with van der Waals surface area (Å²) < 4.78 is 0. The standard InChI is InChI=1S/C17H17N3O/c18-9-11-20(15-5-1-2-6-15)17(21)14-7-8-16-13(12-14)4-3-10-19-16/h3-4,7-8,10,12,15H,1-2,5-6,11H2. The van der Waals surface area contributed by atoms with Crippen LogP contribution < -0.4 is 0 Å². The first-order valence-corrected chi connectivity index (χ1v) is 7.32. The molecule has 1 aromatic heterocycles. The molecular formula is C17H17N3O. The largest absolute Gasteiger partial charge is 0.322 e. The number of amides is 1. The average molecular weight is 279 g/mol. The molecule has 3 rings (SSSR count). The summed E-state index contributed by atoms with van der Waals surface area (Å²) in [6.45, 7) is 0.161. The number of carbonyl (C=O) groups is 1. The van der Waals surface area contributed by atoms with Gasteiger partial charge in [0.15, 0.2) is 0 Å². The number of benzene rings is 1. The van der Waals surface area contributed by atoms with E-state index in [2.05, 4.69) is 11.1 Å². The van der Waals surface area contributed by atoms with E-state index in [1.807, 2.05) is 24.3 Å². The van der Waals surface area contributed by atoms with Crippen LogP contribution in [0.1, 0.15) is 36.0 Å². The van der Waals surface area contributed by atoms with Crippen molar-refractivity contribution in [3.05, 3.63) is 42.1 Å². The van der Waals surface area contributed by atoms with Crippen molar-refractivity contribution in [1.29, 1.82) is 5.26 Å². The minimum atomic E-state index is -0.0470. The van der Waals surface area contributed by atoms with Crippen LogP contribution in [0.15, 0.2) is 36.5 Å². The maximum Gasteiger partial charge on any atom is 0.254 e. The zero-order chi connectivity index (χ0) is 14.7. The van der Waals surface area contributed by atoms with Crippen LogP contribution in [-0.2, 0) is 0 Å². The molecule has 0 bridgehead atoms.